The highest BCUT2D eigenvalue weighted by Gasteiger charge is 2.19. The lowest BCUT2D eigenvalue weighted by Gasteiger charge is -2.18. The summed E-state index contributed by atoms with van der Waals surface area (Å²) in [6.45, 7) is 6.54. The Hall–Kier alpha value is -2.89. The largest absolute Gasteiger partial charge is 0.462 e. The first-order valence-corrected chi connectivity index (χ1v) is 29.8. The van der Waals surface area contributed by atoms with Crippen LogP contribution in [-0.4, -0.2) is 37.2 Å². The summed E-state index contributed by atoms with van der Waals surface area (Å²) in [5.41, 5.74) is 0. The minimum Gasteiger partial charge on any atom is -0.462 e. The van der Waals surface area contributed by atoms with Crippen LogP contribution in [-0.2, 0) is 28.6 Å². The Bertz CT molecular complexity index is 1250. The molecule has 0 aliphatic carbocycles. The first-order valence-electron chi connectivity index (χ1n) is 29.8. The van der Waals surface area contributed by atoms with Gasteiger partial charge in [0.15, 0.2) is 6.10 Å². The molecule has 0 rings (SSSR count). The van der Waals surface area contributed by atoms with E-state index < -0.39 is 6.10 Å². The van der Waals surface area contributed by atoms with Gasteiger partial charge in [-0.05, 0) is 89.9 Å². The number of rotatable bonds is 54. The zero-order valence-corrected chi connectivity index (χ0v) is 45.8. The first kappa shape index (κ1) is 66.1. The Morgan fingerprint density at radius 2 is 0.522 bits per heavy atom. The molecule has 0 heterocycles. The van der Waals surface area contributed by atoms with Gasteiger partial charge in [-0.25, -0.2) is 0 Å². The van der Waals surface area contributed by atoms with Crippen molar-refractivity contribution >= 4 is 17.9 Å². The molecule has 400 valence electrons. The quantitative estimate of drug-likeness (QED) is 0.0262. The topological polar surface area (TPSA) is 78.9 Å². The van der Waals surface area contributed by atoms with E-state index in [-0.39, 0.29) is 31.1 Å². The second-order valence-corrected chi connectivity index (χ2v) is 19.9. The normalized spacial score (nSPS) is 12.4. The maximum absolute atomic E-state index is 12.8. The molecule has 0 aliphatic rings. The predicted octanol–water partition coefficient (Wildman–Crippen LogP) is 20.0. The van der Waals surface area contributed by atoms with Gasteiger partial charge in [0.2, 0.25) is 0 Å². The van der Waals surface area contributed by atoms with Gasteiger partial charge in [-0.15, -0.1) is 0 Å². The van der Waals surface area contributed by atoms with Crippen LogP contribution in [0.2, 0.25) is 0 Å². The molecule has 1 unspecified atom stereocenters. The lowest BCUT2D eigenvalue weighted by Crippen LogP contribution is -2.30. The maximum atomic E-state index is 12.8. The van der Waals surface area contributed by atoms with Crippen LogP contribution in [0.25, 0.3) is 0 Å². The molecular formula is C63H112O6. The molecule has 0 amide bonds. The van der Waals surface area contributed by atoms with Gasteiger partial charge in [-0.2, -0.15) is 0 Å². The van der Waals surface area contributed by atoms with Gasteiger partial charge in [0.25, 0.3) is 0 Å². The zero-order chi connectivity index (χ0) is 50.0. The number of hydrogen-bond donors (Lipinski definition) is 0. The van der Waals surface area contributed by atoms with Crippen molar-refractivity contribution in [2.24, 2.45) is 0 Å². The Morgan fingerprint density at radius 3 is 0.841 bits per heavy atom. The third kappa shape index (κ3) is 55.9. The molecule has 0 aromatic carbocycles. The van der Waals surface area contributed by atoms with Gasteiger partial charge in [-0.1, -0.05) is 255 Å². The van der Waals surface area contributed by atoms with Crippen molar-refractivity contribution in [2.45, 2.75) is 309 Å². The number of esters is 3. The Labute approximate surface area is 428 Å². The zero-order valence-electron chi connectivity index (χ0n) is 45.8. The molecule has 0 aromatic heterocycles. The molecule has 6 heteroatoms. The van der Waals surface area contributed by atoms with E-state index in [9.17, 15) is 14.4 Å². The van der Waals surface area contributed by atoms with Crippen molar-refractivity contribution in [3.05, 3.63) is 60.8 Å². The average molecular weight is 966 g/mol. The van der Waals surface area contributed by atoms with Gasteiger partial charge in [-0.3, -0.25) is 14.4 Å². The van der Waals surface area contributed by atoms with Crippen LogP contribution < -0.4 is 0 Å². The molecular weight excluding hydrogens is 853 g/mol. The summed E-state index contributed by atoms with van der Waals surface area (Å²) in [7, 11) is 0. The van der Waals surface area contributed by atoms with Crippen molar-refractivity contribution in [3.8, 4) is 0 Å². The van der Waals surface area contributed by atoms with Crippen LogP contribution in [0.15, 0.2) is 60.8 Å². The lowest BCUT2D eigenvalue weighted by atomic mass is 10.0. The van der Waals surface area contributed by atoms with Crippen LogP contribution in [0.5, 0.6) is 0 Å². The second kappa shape index (κ2) is 57.7. The molecule has 6 nitrogen and oxygen atoms in total. The fourth-order valence-corrected chi connectivity index (χ4v) is 8.48. The van der Waals surface area contributed by atoms with E-state index in [1.54, 1.807) is 0 Å². The number of allylic oxidation sites excluding steroid dienone is 10. The smallest absolute Gasteiger partial charge is 0.306 e. The van der Waals surface area contributed by atoms with E-state index in [1.165, 1.54) is 180 Å². The molecule has 0 N–H and O–H groups in total. The first-order chi connectivity index (χ1) is 34.0. The molecule has 0 spiro atoms. The van der Waals surface area contributed by atoms with Gasteiger partial charge < -0.3 is 14.2 Å². The van der Waals surface area contributed by atoms with Gasteiger partial charge in [0.1, 0.15) is 13.2 Å². The van der Waals surface area contributed by atoms with Crippen molar-refractivity contribution < 1.29 is 28.6 Å². The molecule has 1 atom stereocenters. The van der Waals surface area contributed by atoms with Gasteiger partial charge >= 0.3 is 17.9 Å². The number of ether oxygens (including phenoxy) is 3. The van der Waals surface area contributed by atoms with Crippen molar-refractivity contribution in [2.75, 3.05) is 13.2 Å². The average Bonchev–Trinajstić information content (AvgIpc) is 3.35. The Morgan fingerprint density at radius 1 is 0.290 bits per heavy atom. The highest BCUT2D eigenvalue weighted by molar-refractivity contribution is 5.71. The lowest BCUT2D eigenvalue weighted by molar-refractivity contribution is -0.167. The van der Waals surface area contributed by atoms with E-state index in [0.29, 0.717) is 19.3 Å². The van der Waals surface area contributed by atoms with Crippen LogP contribution in [0.1, 0.15) is 303 Å². The molecule has 69 heavy (non-hydrogen) atoms. The third-order valence-electron chi connectivity index (χ3n) is 13.0. The molecule has 0 bridgehead atoms. The fourth-order valence-electron chi connectivity index (χ4n) is 8.48. The summed E-state index contributed by atoms with van der Waals surface area (Å²) in [5, 5.41) is 0. The van der Waals surface area contributed by atoms with Gasteiger partial charge in [0, 0.05) is 19.3 Å². The molecule has 0 radical (unpaired) electrons. The second-order valence-electron chi connectivity index (χ2n) is 19.9. The molecule has 0 saturated carbocycles. The molecule has 0 saturated heterocycles. The SMILES string of the molecule is CCCCC/C=C\C/C=C\CCCCCCCCCCCC(=O)OC(COC(=O)CCCCCCC)COC(=O)CCCCCCCCCCCCCC/C=C\C/C=C\C/C=C\CCCCCCC. The summed E-state index contributed by atoms with van der Waals surface area (Å²) in [6, 6.07) is 0. The summed E-state index contributed by atoms with van der Waals surface area (Å²) in [4.78, 5) is 37.8. The summed E-state index contributed by atoms with van der Waals surface area (Å²) in [6.07, 6.45) is 72.6. The molecule has 0 aromatic rings. The number of carbonyl (C=O) groups excluding carboxylic acids is 3. The van der Waals surface area contributed by atoms with Crippen LogP contribution >= 0.6 is 0 Å². The number of unbranched alkanes of at least 4 members (excludes halogenated alkanes) is 33. The molecule has 0 fully saturated rings. The third-order valence-corrected chi connectivity index (χ3v) is 13.0. The number of carbonyl (C=O) groups is 3. The van der Waals surface area contributed by atoms with Crippen molar-refractivity contribution in [1.82, 2.24) is 0 Å². The highest BCUT2D eigenvalue weighted by Crippen LogP contribution is 2.16. The summed E-state index contributed by atoms with van der Waals surface area (Å²) >= 11 is 0. The Balaban J connectivity index is 4.05. The van der Waals surface area contributed by atoms with E-state index in [1.807, 2.05) is 0 Å². The van der Waals surface area contributed by atoms with Gasteiger partial charge in [0.05, 0.1) is 0 Å². The minimum atomic E-state index is -0.773. The maximum Gasteiger partial charge on any atom is 0.306 e. The number of hydrogen-bond acceptors (Lipinski definition) is 6. The minimum absolute atomic E-state index is 0.0755. The monoisotopic (exact) mass is 965 g/mol. The van der Waals surface area contributed by atoms with E-state index in [4.69, 9.17) is 14.2 Å². The fraction of sp³-hybridized carbons (Fsp3) is 0.794. The van der Waals surface area contributed by atoms with Crippen molar-refractivity contribution in [1.29, 1.82) is 0 Å². The highest BCUT2D eigenvalue weighted by atomic mass is 16.6. The summed E-state index contributed by atoms with van der Waals surface area (Å²) < 4.78 is 16.7. The van der Waals surface area contributed by atoms with E-state index in [0.717, 1.165) is 83.5 Å². The van der Waals surface area contributed by atoms with Crippen LogP contribution in [0.4, 0.5) is 0 Å². The van der Waals surface area contributed by atoms with E-state index in [2.05, 4.69) is 81.5 Å². The molecule has 0 aliphatic heterocycles. The standard InChI is InChI=1S/C63H112O6/c1-4-7-10-13-15-17-19-21-23-25-27-28-29-30-31-32-33-34-36-37-39-41-43-45-47-50-53-56-62(65)68-59-60(58-67-61(64)55-52-49-12-9-6-3)69-63(66)57-54-51-48-46-44-42-40-38-35-26-24-22-20-18-16-14-11-8-5-2/h16,18-19,21-22,24-25,27,29-30,60H,4-15,17,20,23,26,28,31-59H2,1-3H3/b18-16-,21-19-,24-22-,27-25-,30-29-. The summed E-state index contributed by atoms with van der Waals surface area (Å²) in [5.74, 6) is -0.885. The van der Waals surface area contributed by atoms with Crippen molar-refractivity contribution in [3.63, 3.8) is 0 Å². The Kier molecular flexibility index (Phi) is 55.3. The van der Waals surface area contributed by atoms with Crippen LogP contribution in [0, 0.1) is 0 Å². The predicted molar refractivity (Wildman–Crippen MR) is 298 cm³/mol. The van der Waals surface area contributed by atoms with E-state index >= 15 is 0 Å². The van der Waals surface area contributed by atoms with Crippen LogP contribution in [0.3, 0.4) is 0 Å².